The molecule has 1 unspecified atom stereocenters. The molecule has 1 aliphatic rings. The molecule has 0 bridgehead atoms. The van der Waals surface area contributed by atoms with E-state index in [9.17, 15) is 0 Å². The van der Waals surface area contributed by atoms with Crippen LogP contribution in [0.2, 0.25) is 0 Å². The van der Waals surface area contributed by atoms with E-state index in [1.807, 2.05) is 38.1 Å². The highest BCUT2D eigenvalue weighted by atomic mass is 16.7. The van der Waals surface area contributed by atoms with E-state index in [1.165, 1.54) is 0 Å². The van der Waals surface area contributed by atoms with Crippen molar-refractivity contribution in [2.45, 2.75) is 25.7 Å². The minimum Gasteiger partial charge on any atom is -0.497 e. The van der Waals surface area contributed by atoms with Gasteiger partial charge in [0.2, 0.25) is 0 Å². The normalized spacial score (nSPS) is 23.1. The Morgan fingerprint density at radius 1 is 1.35 bits per heavy atom. The van der Waals surface area contributed by atoms with Crippen LogP contribution in [0.5, 0.6) is 5.75 Å². The molecule has 1 heterocycles. The Labute approximate surface area is 101 Å². The van der Waals surface area contributed by atoms with Crippen LogP contribution in [-0.2, 0) is 9.47 Å². The molecule has 0 N–H and O–H groups in total. The molecule has 1 atom stereocenters. The molecule has 2 rings (SSSR count). The highest BCUT2D eigenvalue weighted by Gasteiger charge is 2.31. The van der Waals surface area contributed by atoms with Crippen LogP contribution in [0.3, 0.4) is 0 Å². The van der Waals surface area contributed by atoms with Crippen molar-refractivity contribution in [2.24, 2.45) is 4.99 Å². The average molecular weight is 235 g/mol. The van der Waals surface area contributed by atoms with Crippen molar-refractivity contribution in [3.05, 3.63) is 24.3 Å². The zero-order valence-corrected chi connectivity index (χ0v) is 10.3. The average Bonchev–Trinajstić information content (AvgIpc) is 2.67. The summed E-state index contributed by atoms with van der Waals surface area (Å²) in [6.07, 6.45) is 1.70. The summed E-state index contributed by atoms with van der Waals surface area (Å²) in [5.41, 5.74) is 0.874. The van der Waals surface area contributed by atoms with Crippen LogP contribution >= 0.6 is 0 Å². The fourth-order valence-electron chi connectivity index (χ4n) is 1.63. The number of nitrogens with zero attached hydrogens (tertiary/aromatic N) is 1. The molecule has 1 saturated heterocycles. The number of hydrogen-bond acceptors (Lipinski definition) is 4. The number of ether oxygens (including phenoxy) is 3. The summed E-state index contributed by atoms with van der Waals surface area (Å²) in [4.78, 5) is 4.34. The molecule has 0 saturated carbocycles. The van der Waals surface area contributed by atoms with Gasteiger partial charge in [-0.2, -0.15) is 0 Å². The van der Waals surface area contributed by atoms with E-state index in [0.717, 1.165) is 11.4 Å². The van der Waals surface area contributed by atoms with Gasteiger partial charge in [0.25, 0.3) is 0 Å². The lowest BCUT2D eigenvalue weighted by atomic mass is 10.3. The molecule has 0 amide bonds. The standard InChI is InChI=1S/C13H17NO3/c1-13(2)16-9-12(17-13)8-14-10-4-6-11(15-3)7-5-10/h4-8,12H,9H2,1-3H3. The predicted molar refractivity (Wildman–Crippen MR) is 66.1 cm³/mol. The smallest absolute Gasteiger partial charge is 0.163 e. The molecule has 1 aromatic rings. The Bertz CT molecular complexity index is 398. The number of methoxy groups -OCH3 is 1. The van der Waals surface area contributed by atoms with Gasteiger partial charge in [0.1, 0.15) is 11.9 Å². The first-order valence-corrected chi connectivity index (χ1v) is 5.59. The van der Waals surface area contributed by atoms with Crippen molar-refractivity contribution in [3.63, 3.8) is 0 Å². The third-order valence-electron chi connectivity index (χ3n) is 2.49. The van der Waals surface area contributed by atoms with Crippen LogP contribution in [0.1, 0.15) is 13.8 Å². The van der Waals surface area contributed by atoms with E-state index >= 15 is 0 Å². The van der Waals surface area contributed by atoms with Gasteiger partial charge in [0.05, 0.1) is 19.4 Å². The maximum absolute atomic E-state index is 5.62. The van der Waals surface area contributed by atoms with E-state index in [4.69, 9.17) is 14.2 Å². The molecule has 4 nitrogen and oxygen atoms in total. The first-order valence-electron chi connectivity index (χ1n) is 5.59. The fourth-order valence-corrected chi connectivity index (χ4v) is 1.63. The van der Waals surface area contributed by atoms with Gasteiger partial charge in [-0.15, -0.1) is 0 Å². The van der Waals surface area contributed by atoms with Crippen LogP contribution in [0.25, 0.3) is 0 Å². The summed E-state index contributed by atoms with van der Waals surface area (Å²) in [5, 5.41) is 0. The fraction of sp³-hybridized carbons (Fsp3) is 0.462. The minimum absolute atomic E-state index is 0.0768. The maximum atomic E-state index is 5.62. The van der Waals surface area contributed by atoms with Crippen molar-refractivity contribution in [3.8, 4) is 5.75 Å². The van der Waals surface area contributed by atoms with Crippen LogP contribution < -0.4 is 4.74 Å². The van der Waals surface area contributed by atoms with E-state index in [0.29, 0.717) is 6.61 Å². The van der Waals surface area contributed by atoms with E-state index in [2.05, 4.69) is 4.99 Å². The summed E-state index contributed by atoms with van der Waals surface area (Å²) in [5.74, 6) is 0.321. The second kappa shape index (κ2) is 4.85. The van der Waals surface area contributed by atoms with Gasteiger partial charge in [0, 0.05) is 6.21 Å². The lowest BCUT2D eigenvalue weighted by molar-refractivity contribution is -0.130. The molecule has 92 valence electrons. The number of aliphatic imine (C=N–C) groups is 1. The van der Waals surface area contributed by atoms with Crippen LogP contribution in [0.15, 0.2) is 29.3 Å². The maximum Gasteiger partial charge on any atom is 0.163 e. The van der Waals surface area contributed by atoms with Crippen molar-refractivity contribution in [1.29, 1.82) is 0 Å². The van der Waals surface area contributed by atoms with Gasteiger partial charge in [-0.3, -0.25) is 4.99 Å². The van der Waals surface area contributed by atoms with Crippen LogP contribution in [0.4, 0.5) is 5.69 Å². The molecule has 0 radical (unpaired) electrons. The Balaban J connectivity index is 1.96. The highest BCUT2D eigenvalue weighted by molar-refractivity contribution is 5.68. The molecule has 0 spiro atoms. The van der Waals surface area contributed by atoms with Gasteiger partial charge >= 0.3 is 0 Å². The summed E-state index contributed by atoms with van der Waals surface area (Å²) in [6, 6.07) is 7.55. The predicted octanol–water partition coefficient (Wildman–Crippen LogP) is 2.55. The molecule has 0 aliphatic carbocycles. The highest BCUT2D eigenvalue weighted by Crippen LogP contribution is 2.22. The molecule has 1 fully saturated rings. The van der Waals surface area contributed by atoms with Gasteiger partial charge in [0.15, 0.2) is 5.79 Å². The largest absolute Gasteiger partial charge is 0.497 e. The van der Waals surface area contributed by atoms with Crippen molar-refractivity contribution in [1.82, 2.24) is 0 Å². The summed E-state index contributed by atoms with van der Waals surface area (Å²) in [6.45, 7) is 4.34. The zero-order chi connectivity index (χ0) is 12.3. The quantitative estimate of drug-likeness (QED) is 0.756. The lowest BCUT2D eigenvalue weighted by Crippen LogP contribution is -2.21. The number of rotatable bonds is 3. The third kappa shape index (κ3) is 3.28. The van der Waals surface area contributed by atoms with Gasteiger partial charge in [-0.25, -0.2) is 0 Å². The Kier molecular flexibility index (Phi) is 3.45. The minimum atomic E-state index is -0.503. The second-order valence-electron chi connectivity index (χ2n) is 4.34. The summed E-state index contributed by atoms with van der Waals surface area (Å²) in [7, 11) is 1.64. The molecule has 0 aromatic heterocycles. The van der Waals surface area contributed by atoms with Crippen molar-refractivity contribution >= 4 is 11.9 Å². The zero-order valence-electron chi connectivity index (χ0n) is 10.3. The molecule has 4 heteroatoms. The Morgan fingerprint density at radius 2 is 2.06 bits per heavy atom. The number of hydrogen-bond donors (Lipinski definition) is 0. The lowest BCUT2D eigenvalue weighted by Gasteiger charge is -2.15. The molecule has 17 heavy (non-hydrogen) atoms. The molecular formula is C13H17NO3. The topological polar surface area (TPSA) is 40.0 Å². The Morgan fingerprint density at radius 3 is 2.59 bits per heavy atom. The van der Waals surface area contributed by atoms with Crippen molar-refractivity contribution < 1.29 is 14.2 Å². The SMILES string of the molecule is COc1ccc(N=CC2COC(C)(C)O2)cc1. The second-order valence-corrected chi connectivity index (χ2v) is 4.34. The van der Waals surface area contributed by atoms with Crippen LogP contribution in [-0.4, -0.2) is 31.8 Å². The van der Waals surface area contributed by atoms with Gasteiger partial charge in [-0.05, 0) is 38.1 Å². The third-order valence-corrected chi connectivity index (χ3v) is 2.49. The van der Waals surface area contributed by atoms with E-state index in [1.54, 1.807) is 13.3 Å². The molecule has 1 aliphatic heterocycles. The molecule has 1 aromatic carbocycles. The number of benzene rings is 1. The van der Waals surface area contributed by atoms with Crippen molar-refractivity contribution in [2.75, 3.05) is 13.7 Å². The van der Waals surface area contributed by atoms with E-state index < -0.39 is 5.79 Å². The first kappa shape index (κ1) is 12.1. The van der Waals surface area contributed by atoms with Gasteiger partial charge < -0.3 is 14.2 Å². The van der Waals surface area contributed by atoms with Gasteiger partial charge in [-0.1, -0.05) is 0 Å². The summed E-state index contributed by atoms with van der Waals surface area (Å²) >= 11 is 0. The van der Waals surface area contributed by atoms with Crippen LogP contribution in [0, 0.1) is 0 Å². The first-order chi connectivity index (χ1) is 8.09. The molecular weight excluding hydrogens is 218 g/mol. The summed E-state index contributed by atoms with van der Waals surface area (Å²) < 4.78 is 16.1. The monoisotopic (exact) mass is 235 g/mol. The Hall–Kier alpha value is -1.39. The van der Waals surface area contributed by atoms with E-state index in [-0.39, 0.29) is 6.10 Å².